The van der Waals surface area contributed by atoms with Crippen molar-refractivity contribution in [1.29, 1.82) is 0 Å². The highest BCUT2D eigenvalue weighted by Gasteiger charge is 2.36. The van der Waals surface area contributed by atoms with E-state index in [1.807, 2.05) is 84.0 Å². The topological polar surface area (TPSA) is 86.8 Å². The van der Waals surface area contributed by atoms with Gasteiger partial charge < -0.3 is 10.2 Å². The Morgan fingerprint density at radius 3 is 2.02 bits per heavy atom. The molecule has 10 heteroatoms. The van der Waals surface area contributed by atoms with E-state index in [9.17, 15) is 18.0 Å². The fourth-order valence-corrected chi connectivity index (χ4v) is 7.08. The number of halogens is 2. The van der Waals surface area contributed by atoms with Crippen molar-refractivity contribution in [3.05, 3.63) is 129 Å². The van der Waals surface area contributed by atoms with Crippen LogP contribution < -0.4 is 9.62 Å². The molecule has 0 heterocycles. The number of sulfonamides is 1. The molecule has 0 aromatic heterocycles. The fraction of sp³-hybridized carbons (Fsp3) is 0.297. The van der Waals surface area contributed by atoms with Crippen LogP contribution in [0.15, 0.2) is 95.9 Å². The van der Waals surface area contributed by atoms with Gasteiger partial charge in [0.15, 0.2) is 0 Å². The van der Waals surface area contributed by atoms with E-state index in [2.05, 4.69) is 5.32 Å². The molecule has 0 aliphatic carbocycles. The van der Waals surface area contributed by atoms with Crippen molar-refractivity contribution in [2.75, 3.05) is 10.8 Å². The van der Waals surface area contributed by atoms with Crippen molar-refractivity contribution in [3.8, 4) is 0 Å². The van der Waals surface area contributed by atoms with E-state index < -0.39 is 34.1 Å². The van der Waals surface area contributed by atoms with Crippen molar-refractivity contribution in [3.63, 3.8) is 0 Å². The number of nitrogens with zero attached hydrogens (tertiary/aromatic N) is 2. The summed E-state index contributed by atoms with van der Waals surface area (Å²) in [5.74, 6) is -0.925. The van der Waals surface area contributed by atoms with Gasteiger partial charge in [-0.1, -0.05) is 95.0 Å². The van der Waals surface area contributed by atoms with E-state index in [4.69, 9.17) is 23.2 Å². The molecule has 248 valence electrons. The average molecular weight is 695 g/mol. The van der Waals surface area contributed by atoms with E-state index in [-0.39, 0.29) is 23.8 Å². The lowest BCUT2D eigenvalue weighted by atomic mass is 10.0. The number of hydrogen-bond acceptors (Lipinski definition) is 4. The molecule has 0 spiro atoms. The standard InChI is InChI=1S/C37H41Cl2N3O4S/c1-25-12-16-30(17-13-25)47(45,46)42(33-19-14-26(2)20-27(33)3)24-35(43)41(23-29-15-18-31(38)32(39)21-29)34(36(44)40-37(4,5)6)22-28-10-8-7-9-11-28/h7-21,34H,22-24H2,1-6H3,(H,40,44)/t34-/m0/s1. The van der Waals surface area contributed by atoms with E-state index in [1.54, 1.807) is 36.4 Å². The summed E-state index contributed by atoms with van der Waals surface area (Å²) in [4.78, 5) is 30.2. The normalized spacial score (nSPS) is 12.3. The summed E-state index contributed by atoms with van der Waals surface area (Å²) in [6, 6.07) is 25.3. The third kappa shape index (κ3) is 9.37. The van der Waals surface area contributed by atoms with Crippen LogP contribution in [-0.2, 0) is 32.6 Å². The van der Waals surface area contributed by atoms with Gasteiger partial charge in [0.2, 0.25) is 11.8 Å². The van der Waals surface area contributed by atoms with Crippen molar-refractivity contribution < 1.29 is 18.0 Å². The lowest BCUT2D eigenvalue weighted by Crippen LogP contribution is -2.56. The van der Waals surface area contributed by atoms with Crippen molar-refractivity contribution in [2.45, 2.75) is 71.0 Å². The zero-order chi connectivity index (χ0) is 34.5. The molecule has 0 radical (unpaired) electrons. The van der Waals surface area contributed by atoms with Gasteiger partial charge in [0, 0.05) is 18.5 Å². The number of aryl methyl sites for hydroxylation is 3. The van der Waals surface area contributed by atoms with Crippen LogP contribution in [-0.4, -0.2) is 43.3 Å². The highest BCUT2D eigenvalue weighted by Crippen LogP contribution is 2.29. The average Bonchev–Trinajstić information content (AvgIpc) is 2.99. The monoisotopic (exact) mass is 693 g/mol. The summed E-state index contributed by atoms with van der Waals surface area (Å²) in [7, 11) is -4.21. The number of anilines is 1. The summed E-state index contributed by atoms with van der Waals surface area (Å²) in [5.41, 5.74) is 3.80. The van der Waals surface area contributed by atoms with Gasteiger partial charge in [-0.2, -0.15) is 0 Å². The molecule has 7 nitrogen and oxygen atoms in total. The summed E-state index contributed by atoms with van der Waals surface area (Å²) in [6.45, 7) is 10.6. The Labute approximate surface area is 288 Å². The van der Waals surface area contributed by atoms with Crippen molar-refractivity contribution in [2.24, 2.45) is 0 Å². The van der Waals surface area contributed by atoms with Crippen LogP contribution in [0.1, 0.15) is 48.6 Å². The van der Waals surface area contributed by atoms with Crippen LogP contribution in [0.4, 0.5) is 5.69 Å². The zero-order valence-corrected chi connectivity index (χ0v) is 29.9. The highest BCUT2D eigenvalue weighted by molar-refractivity contribution is 7.92. The van der Waals surface area contributed by atoms with Gasteiger partial charge >= 0.3 is 0 Å². The maximum absolute atomic E-state index is 14.7. The first-order valence-corrected chi connectivity index (χ1v) is 17.5. The van der Waals surface area contributed by atoms with E-state index in [0.717, 1.165) is 21.0 Å². The van der Waals surface area contributed by atoms with Gasteiger partial charge in [0.25, 0.3) is 10.0 Å². The first kappa shape index (κ1) is 36.0. The smallest absolute Gasteiger partial charge is 0.264 e. The van der Waals surface area contributed by atoms with Crippen LogP contribution in [0.5, 0.6) is 0 Å². The maximum atomic E-state index is 14.7. The minimum atomic E-state index is -4.21. The minimum Gasteiger partial charge on any atom is -0.350 e. The molecule has 0 bridgehead atoms. The van der Waals surface area contributed by atoms with Gasteiger partial charge in [0.05, 0.1) is 20.6 Å². The van der Waals surface area contributed by atoms with Crippen LogP contribution in [0, 0.1) is 20.8 Å². The second-order valence-electron chi connectivity index (χ2n) is 12.8. The van der Waals surface area contributed by atoms with Gasteiger partial charge in [-0.15, -0.1) is 0 Å². The Kier molecular flexibility index (Phi) is 11.4. The molecular weight excluding hydrogens is 653 g/mol. The molecule has 47 heavy (non-hydrogen) atoms. The molecule has 0 aliphatic rings. The summed E-state index contributed by atoms with van der Waals surface area (Å²) in [5, 5.41) is 3.68. The maximum Gasteiger partial charge on any atom is 0.264 e. The number of amides is 2. The third-order valence-corrected chi connectivity index (χ3v) is 10.1. The quantitative estimate of drug-likeness (QED) is 0.175. The molecule has 4 rings (SSSR count). The fourth-order valence-electron chi connectivity index (χ4n) is 5.28. The molecule has 0 fully saturated rings. The number of benzene rings is 4. The predicted molar refractivity (Wildman–Crippen MR) is 190 cm³/mol. The van der Waals surface area contributed by atoms with E-state index >= 15 is 0 Å². The molecule has 4 aromatic carbocycles. The lowest BCUT2D eigenvalue weighted by Gasteiger charge is -2.35. The Hall–Kier alpha value is -3.85. The minimum absolute atomic E-state index is 0.0178. The molecule has 0 aliphatic heterocycles. The van der Waals surface area contributed by atoms with Gasteiger partial charge in [0.1, 0.15) is 12.6 Å². The number of nitrogens with one attached hydrogen (secondary N) is 1. The molecule has 1 atom stereocenters. The number of carbonyl (C=O) groups is 2. The Morgan fingerprint density at radius 1 is 0.787 bits per heavy atom. The first-order valence-electron chi connectivity index (χ1n) is 15.3. The van der Waals surface area contributed by atoms with Crippen LogP contribution in [0.2, 0.25) is 10.0 Å². The number of carbonyl (C=O) groups excluding carboxylic acids is 2. The lowest BCUT2D eigenvalue weighted by molar-refractivity contribution is -0.140. The largest absolute Gasteiger partial charge is 0.350 e. The molecule has 4 aromatic rings. The Morgan fingerprint density at radius 2 is 1.43 bits per heavy atom. The predicted octanol–water partition coefficient (Wildman–Crippen LogP) is 7.67. The van der Waals surface area contributed by atoms with E-state index in [0.29, 0.717) is 26.9 Å². The summed E-state index contributed by atoms with van der Waals surface area (Å²) in [6.07, 6.45) is 0.198. The van der Waals surface area contributed by atoms with Crippen LogP contribution in [0.3, 0.4) is 0 Å². The van der Waals surface area contributed by atoms with Crippen LogP contribution in [0.25, 0.3) is 0 Å². The Bertz CT molecular complexity index is 1840. The molecule has 2 amide bonds. The van der Waals surface area contributed by atoms with Gasteiger partial charge in [-0.05, 0) is 88.6 Å². The molecule has 0 saturated carbocycles. The summed E-state index contributed by atoms with van der Waals surface area (Å²) < 4.78 is 29.7. The highest BCUT2D eigenvalue weighted by atomic mass is 35.5. The first-order chi connectivity index (χ1) is 22.0. The van der Waals surface area contributed by atoms with Gasteiger partial charge in [-0.25, -0.2) is 8.42 Å². The SMILES string of the molecule is Cc1ccc(S(=O)(=O)N(CC(=O)N(Cc2ccc(Cl)c(Cl)c2)[C@@H](Cc2ccccc2)C(=O)NC(C)(C)C)c2ccc(C)cc2C)cc1. The Balaban J connectivity index is 1.86. The van der Waals surface area contributed by atoms with Crippen LogP contribution >= 0.6 is 23.2 Å². The molecular formula is C37H41Cl2N3O4S. The molecule has 1 N–H and O–H groups in total. The molecule has 0 saturated heterocycles. The van der Waals surface area contributed by atoms with Gasteiger partial charge in [-0.3, -0.25) is 13.9 Å². The third-order valence-electron chi connectivity index (χ3n) is 7.62. The number of hydrogen-bond donors (Lipinski definition) is 1. The van der Waals surface area contributed by atoms with Crippen molar-refractivity contribution in [1.82, 2.24) is 10.2 Å². The second-order valence-corrected chi connectivity index (χ2v) is 15.5. The number of rotatable bonds is 11. The second kappa shape index (κ2) is 14.9. The zero-order valence-electron chi connectivity index (χ0n) is 27.6. The summed E-state index contributed by atoms with van der Waals surface area (Å²) >= 11 is 12.6. The van der Waals surface area contributed by atoms with Crippen molar-refractivity contribution >= 4 is 50.7 Å². The molecule has 0 unspecified atom stereocenters. The van der Waals surface area contributed by atoms with E-state index in [1.165, 1.54) is 17.0 Å².